The van der Waals surface area contributed by atoms with Crippen molar-refractivity contribution >= 4 is 27.5 Å². The predicted octanol–water partition coefficient (Wildman–Crippen LogP) is 2.09. The fraction of sp³-hybridized carbons (Fsp3) is 0.500. The van der Waals surface area contributed by atoms with Gasteiger partial charge in [-0.25, -0.2) is 4.39 Å². The quantitative estimate of drug-likeness (QED) is 0.795. The number of carbonyl (C=O) groups excluding carboxylic acids is 1. The first kappa shape index (κ1) is 13.8. The van der Waals surface area contributed by atoms with Crippen LogP contribution in [0.15, 0.2) is 16.6 Å². The molecule has 1 unspecified atom stereocenters. The van der Waals surface area contributed by atoms with Crippen LogP contribution >= 0.6 is 15.9 Å². The first-order valence-corrected chi connectivity index (χ1v) is 7.63. The van der Waals surface area contributed by atoms with Gasteiger partial charge >= 0.3 is 0 Å². The second-order valence-electron chi connectivity index (χ2n) is 5.44. The highest BCUT2D eigenvalue weighted by Gasteiger charge is 2.33. The van der Waals surface area contributed by atoms with E-state index >= 15 is 0 Å². The number of fused-ring (bicyclic) bond motifs is 1. The molecule has 6 heteroatoms. The molecule has 1 aromatic carbocycles. The Morgan fingerprint density at radius 1 is 1.35 bits per heavy atom. The van der Waals surface area contributed by atoms with Gasteiger partial charge in [0, 0.05) is 30.1 Å². The van der Waals surface area contributed by atoms with Crippen LogP contribution in [0.25, 0.3) is 0 Å². The summed E-state index contributed by atoms with van der Waals surface area (Å²) in [5.74, 6) is -0.579. The number of rotatable bonds is 1. The average Bonchev–Trinajstić information content (AvgIpc) is 2.89. The molecular weight excluding hydrogens is 325 g/mol. The Balaban J connectivity index is 1.80. The molecule has 2 N–H and O–H groups in total. The summed E-state index contributed by atoms with van der Waals surface area (Å²) in [5.41, 5.74) is 6.02. The van der Waals surface area contributed by atoms with E-state index in [0.717, 1.165) is 32.6 Å². The number of halogens is 2. The molecule has 20 heavy (non-hydrogen) atoms. The SMILES string of the molecule is Nc1cc(C(=O)N2CCN3CCCC3C2)c(Br)cc1F. The van der Waals surface area contributed by atoms with Gasteiger partial charge in [-0.15, -0.1) is 0 Å². The Kier molecular flexibility index (Phi) is 3.69. The molecule has 2 heterocycles. The third-order valence-electron chi connectivity index (χ3n) is 4.19. The third kappa shape index (κ3) is 2.42. The first-order valence-electron chi connectivity index (χ1n) is 6.84. The summed E-state index contributed by atoms with van der Waals surface area (Å²) in [6.07, 6.45) is 2.36. The summed E-state index contributed by atoms with van der Waals surface area (Å²) in [6.45, 7) is 3.53. The van der Waals surface area contributed by atoms with Gasteiger partial charge in [0.2, 0.25) is 0 Å². The van der Waals surface area contributed by atoms with Crippen LogP contribution in [0.3, 0.4) is 0 Å². The van der Waals surface area contributed by atoms with Gasteiger partial charge in [-0.05, 0) is 47.4 Å². The lowest BCUT2D eigenvalue weighted by Gasteiger charge is -2.37. The summed E-state index contributed by atoms with van der Waals surface area (Å²) in [6, 6.07) is 3.15. The molecule has 0 aromatic heterocycles. The summed E-state index contributed by atoms with van der Waals surface area (Å²) >= 11 is 3.25. The zero-order chi connectivity index (χ0) is 14.3. The van der Waals surface area contributed by atoms with Gasteiger partial charge in [0.25, 0.3) is 5.91 Å². The minimum Gasteiger partial charge on any atom is -0.396 e. The normalized spacial score (nSPS) is 22.9. The summed E-state index contributed by atoms with van der Waals surface area (Å²) in [4.78, 5) is 16.9. The van der Waals surface area contributed by atoms with Crippen molar-refractivity contribution in [1.29, 1.82) is 0 Å². The van der Waals surface area contributed by atoms with E-state index < -0.39 is 5.82 Å². The molecule has 2 fully saturated rings. The summed E-state index contributed by atoms with van der Waals surface area (Å²) in [7, 11) is 0. The van der Waals surface area contributed by atoms with E-state index in [1.54, 1.807) is 0 Å². The standard InChI is InChI=1S/C14H17BrFN3O/c15-11-7-12(16)13(17)6-10(11)14(20)19-5-4-18-3-1-2-9(18)8-19/h6-7,9H,1-5,8,17H2. The highest BCUT2D eigenvalue weighted by Crippen LogP contribution is 2.27. The van der Waals surface area contributed by atoms with Crippen LogP contribution in [0, 0.1) is 5.82 Å². The molecule has 108 valence electrons. The van der Waals surface area contributed by atoms with Crippen LogP contribution < -0.4 is 5.73 Å². The summed E-state index contributed by atoms with van der Waals surface area (Å²) in [5, 5.41) is 0. The summed E-state index contributed by atoms with van der Waals surface area (Å²) < 4.78 is 13.8. The number of nitrogens with zero attached hydrogens (tertiary/aromatic N) is 2. The van der Waals surface area contributed by atoms with Crippen LogP contribution in [0.4, 0.5) is 10.1 Å². The Morgan fingerprint density at radius 2 is 2.15 bits per heavy atom. The average molecular weight is 342 g/mol. The number of nitrogen functional groups attached to an aromatic ring is 1. The number of nitrogens with two attached hydrogens (primary N) is 1. The Bertz CT molecular complexity index is 551. The van der Waals surface area contributed by atoms with Crippen LogP contribution in [0.5, 0.6) is 0 Å². The van der Waals surface area contributed by atoms with E-state index in [-0.39, 0.29) is 11.6 Å². The molecular formula is C14H17BrFN3O. The van der Waals surface area contributed by atoms with Crippen molar-refractivity contribution in [2.45, 2.75) is 18.9 Å². The molecule has 2 saturated heterocycles. The minimum absolute atomic E-state index is 0.0102. The van der Waals surface area contributed by atoms with E-state index in [1.807, 2.05) is 4.90 Å². The molecule has 1 amide bonds. The Morgan fingerprint density at radius 3 is 2.95 bits per heavy atom. The molecule has 1 aromatic rings. The van der Waals surface area contributed by atoms with Crippen LogP contribution in [-0.4, -0.2) is 47.9 Å². The maximum Gasteiger partial charge on any atom is 0.255 e. The maximum absolute atomic E-state index is 13.4. The molecule has 2 aliphatic rings. The van der Waals surface area contributed by atoms with Crippen molar-refractivity contribution < 1.29 is 9.18 Å². The molecule has 4 nitrogen and oxygen atoms in total. The lowest BCUT2D eigenvalue weighted by atomic mass is 10.1. The fourth-order valence-corrected chi connectivity index (χ4v) is 3.56. The second-order valence-corrected chi connectivity index (χ2v) is 6.29. The van der Waals surface area contributed by atoms with E-state index in [2.05, 4.69) is 20.8 Å². The number of anilines is 1. The van der Waals surface area contributed by atoms with E-state index in [1.165, 1.54) is 18.6 Å². The van der Waals surface area contributed by atoms with Crippen LogP contribution in [0.1, 0.15) is 23.2 Å². The first-order chi connectivity index (χ1) is 9.56. The Labute approximate surface area is 125 Å². The van der Waals surface area contributed by atoms with Crippen molar-refractivity contribution in [1.82, 2.24) is 9.80 Å². The highest BCUT2D eigenvalue weighted by molar-refractivity contribution is 9.10. The van der Waals surface area contributed by atoms with Gasteiger partial charge in [0.05, 0.1) is 11.3 Å². The topological polar surface area (TPSA) is 49.6 Å². The number of benzene rings is 1. The van der Waals surface area contributed by atoms with Crippen LogP contribution in [-0.2, 0) is 0 Å². The van der Waals surface area contributed by atoms with Gasteiger partial charge in [-0.1, -0.05) is 0 Å². The third-order valence-corrected chi connectivity index (χ3v) is 4.85. The van der Waals surface area contributed by atoms with Gasteiger partial charge in [0.1, 0.15) is 5.82 Å². The minimum atomic E-state index is -0.506. The lowest BCUT2D eigenvalue weighted by molar-refractivity contribution is 0.0570. The van der Waals surface area contributed by atoms with E-state index in [9.17, 15) is 9.18 Å². The van der Waals surface area contributed by atoms with Crippen molar-refractivity contribution in [2.75, 3.05) is 31.9 Å². The zero-order valence-electron chi connectivity index (χ0n) is 11.1. The van der Waals surface area contributed by atoms with Gasteiger partial charge in [-0.2, -0.15) is 0 Å². The van der Waals surface area contributed by atoms with Crippen molar-refractivity contribution in [2.24, 2.45) is 0 Å². The molecule has 3 rings (SSSR count). The molecule has 0 spiro atoms. The predicted molar refractivity (Wildman–Crippen MR) is 79.0 cm³/mol. The molecule has 0 saturated carbocycles. The molecule has 0 bridgehead atoms. The van der Waals surface area contributed by atoms with E-state index in [4.69, 9.17) is 5.73 Å². The highest BCUT2D eigenvalue weighted by atomic mass is 79.9. The van der Waals surface area contributed by atoms with Gasteiger partial charge < -0.3 is 10.6 Å². The molecule has 2 aliphatic heterocycles. The van der Waals surface area contributed by atoms with Crippen molar-refractivity contribution in [3.8, 4) is 0 Å². The van der Waals surface area contributed by atoms with E-state index in [0.29, 0.717) is 16.1 Å². The van der Waals surface area contributed by atoms with Crippen LogP contribution in [0.2, 0.25) is 0 Å². The fourth-order valence-electron chi connectivity index (χ4n) is 3.08. The van der Waals surface area contributed by atoms with Crippen molar-refractivity contribution in [3.63, 3.8) is 0 Å². The smallest absolute Gasteiger partial charge is 0.255 e. The monoisotopic (exact) mass is 341 g/mol. The number of hydrogen-bond donors (Lipinski definition) is 1. The van der Waals surface area contributed by atoms with Gasteiger partial charge in [-0.3, -0.25) is 9.69 Å². The van der Waals surface area contributed by atoms with Gasteiger partial charge in [0.15, 0.2) is 0 Å². The molecule has 1 atom stereocenters. The lowest BCUT2D eigenvalue weighted by Crippen LogP contribution is -2.52. The molecule has 0 radical (unpaired) electrons. The largest absolute Gasteiger partial charge is 0.396 e. The number of piperazine rings is 1. The number of amides is 1. The van der Waals surface area contributed by atoms with Crippen molar-refractivity contribution in [3.05, 3.63) is 28.0 Å². The number of hydrogen-bond acceptors (Lipinski definition) is 3. The zero-order valence-corrected chi connectivity index (χ0v) is 12.7. The molecule has 0 aliphatic carbocycles. The second kappa shape index (κ2) is 5.33. The maximum atomic E-state index is 13.4. The Hall–Kier alpha value is -1.14. The number of carbonyl (C=O) groups is 1.